The zero-order valence-corrected chi connectivity index (χ0v) is 9.14. The molecular weight excluding hydrogens is 202 g/mol. The quantitative estimate of drug-likeness (QED) is 0.566. The van der Waals surface area contributed by atoms with Crippen LogP contribution in [0.25, 0.3) is 21.9 Å². The van der Waals surface area contributed by atoms with Crippen LogP contribution in [0, 0.1) is 0 Å². The molecule has 3 rings (SSSR count). The van der Waals surface area contributed by atoms with Gasteiger partial charge in [-0.2, -0.15) is 0 Å². The zero-order valence-electron chi connectivity index (χ0n) is 9.14. The standard InChI is InChI=1S/C12H11N3O/c1-14-10-7-13-9-6-4-3-5-8(9)11(10)15(2)12(14)16/h3-7H,1-2H3. The average molecular weight is 213 g/mol. The summed E-state index contributed by atoms with van der Waals surface area (Å²) in [5.41, 5.74) is 2.70. The van der Waals surface area contributed by atoms with E-state index in [0.717, 1.165) is 21.9 Å². The Morgan fingerprint density at radius 3 is 2.69 bits per heavy atom. The van der Waals surface area contributed by atoms with E-state index in [0.29, 0.717) is 0 Å². The number of pyridine rings is 1. The van der Waals surface area contributed by atoms with Gasteiger partial charge in [-0.1, -0.05) is 18.2 Å². The van der Waals surface area contributed by atoms with Crippen molar-refractivity contribution in [3.63, 3.8) is 0 Å². The van der Waals surface area contributed by atoms with Gasteiger partial charge in [-0.3, -0.25) is 14.1 Å². The third-order valence-electron chi connectivity index (χ3n) is 3.00. The van der Waals surface area contributed by atoms with Gasteiger partial charge in [-0.05, 0) is 6.07 Å². The summed E-state index contributed by atoms with van der Waals surface area (Å²) in [4.78, 5) is 16.2. The van der Waals surface area contributed by atoms with Crippen molar-refractivity contribution in [3.05, 3.63) is 40.9 Å². The summed E-state index contributed by atoms with van der Waals surface area (Å²) in [5, 5.41) is 1.01. The minimum absolute atomic E-state index is 0.0202. The Bertz CT molecular complexity index is 752. The Balaban J connectivity index is 2.71. The number of hydrogen-bond donors (Lipinski definition) is 0. The van der Waals surface area contributed by atoms with Gasteiger partial charge in [0, 0.05) is 19.5 Å². The second kappa shape index (κ2) is 2.95. The Morgan fingerprint density at radius 2 is 1.88 bits per heavy atom. The van der Waals surface area contributed by atoms with Gasteiger partial charge in [-0.15, -0.1) is 0 Å². The van der Waals surface area contributed by atoms with Crippen molar-refractivity contribution >= 4 is 21.9 Å². The van der Waals surface area contributed by atoms with Crippen LogP contribution in [0.1, 0.15) is 0 Å². The number of aromatic nitrogens is 3. The molecule has 0 fully saturated rings. The fraction of sp³-hybridized carbons (Fsp3) is 0.167. The maximum Gasteiger partial charge on any atom is 0.328 e. The smallest absolute Gasteiger partial charge is 0.294 e. The molecule has 0 unspecified atom stereocenters. The summed E-state index contributed by atoms with van der Waals surface area (Å²) in [6, 6.07) is 7.85. The highest BCUT2D eigenvalue weighted by molar-refractivity contribution is 6.02. The fourth-order valence-corrected chi connectivity index (χ4v) is 2.14. The van der Waals surface area contributed by atoms with Crippen molar-refractivity contribution < 1.29 is 0 Å². The molecule has 0 aliphatic carbocycles. The van der Waals surface area contributed by atoms with Crippen molar-refractivity contribution in [2.24, 2.45) is 14.1 Å². The van der Waals surface area contributed by atoms with E-state index in [1.54, 1.807) is 29.4 Å². The normalized spacial score (nSPS) is 11.4. The third kappa shape index (κ3) is 0.984. The van der Waals surface area contributed by atoms with E-state index in [4.69, 9.17) is 0 Å². The van der Waals surface area contributed by atoms with Crippen molar-refractivity contribution in [3.8, 4) is 0 Å². The molecule has 0 N–H and O–H groups in total. The molecule has 0 aliphatic rings. The van der Waals surface area contributed by atoms with Gasteiger partial charge in [0.1, 0.15) is 0 Å². The van der Waals surface area contributed by atoms with E-state index in [1.165, 1.54) is 0 Å². The van der Waals surface area contributed by atoms with E-state index in [9.17, 15) is 4.79 Å². The average Bonchev–Trinajstić information content (AvgIpc) is 2.55. The molecule has 0 atom stereocenters. The van der Waals surface area contributed by atoms with Gasteiger partial charge < -0.3 is 0 Å². The topological polar surface area (TPSA) is 39.8 Å². The molecule has 0 radical (unpaired) electrons. The molecule has 0 saturated carbocycles. The minimum Gasteiger partial charge on any atom is -0.294 e. The lowest BCUT2D eigenvalue weighted by molar-refractivity contribution is 0.795. The highest BCUT2D eigenvalue weighted by Gasteiger charge is 2.10. The first-order valence-corrected chi connectivity index (χ1v) is 5.09. The first kappa shape index (κ1) is 9.15. The number of imidazole rings is 1. The van der Waals surface area contributed by atoms with E-state index in [-0.39, 0.29) is 5.69 Å². The first-order valence-electron chi connectivity index (χ1n) is 5.09. The number of benzene rings is 1. The van der Waals surface area contributed by atoms with Gasteiger partial charge >= 0.3 is 5.69 Å². The molecule has 4 heteroatoms. The van der Waals surface area contributed by atoms with Crippen LogP contribution in [-0.4, -0.2) is 14.1 Å². The Labute approximate surface area is 91.8 Å². The number of rotatable bonds is 0. The van der Waals surface area contributed by atoms with Crippen LogP contribution < -0.4 is 5.69 Å². The molecule has 0 aliphatic heterocycles. The molecule has 80 valence electrons. The molecule has 0 spiro atoms. The molecule has 4 nitrogen and oxygen atoms in total. The lowest BCUT2D eigenvalue weighted by Gasteiger charge is -2.00. The molecular formula is C12H11N3O. The van der Waals surface area contributed by atoms with Gasteiger partial charge in [0.15, 0.2) is 0 Å². The summed E-state index contributed by atoms with van der Waals surface area (Å²) in [7, 11) is 3.55. The van der Waals surface area contributed by atoms with Crippen molar-refractivity contribution in [2.75, 3.05) is 0 Å². The maximum absolute atomic E-state index is 11.8. The van der Waals surface area contributed by atoms with Crippen molar-refractivity contribution in [2.45, 2.75) is 0 Å². The Morgan fingerprint density at radius 1 is 1.12 bits per heavy atom. The van der Waals surface area contributed by atoms with Gasteiger partial charge in [-0.25, -0.2) is 4.79 Å². The number of nitrogens with zero attached hydrogens (tertiary/aromatic N) is 3. The van der Waals surface area contributed by atoms with Crippen LogP contribution in [0.5, 0.6) is 0 Å². The number of aryl methyl sites for hydroxylation is 2. The second-order valence-electron chi connectivity index (χ2n) is 3.91. The van der Waals surface area contributed by atoms with E-state index < -0.39 is 0 Å². The molecule has 16 heavy (non-hydrogen) atoms. The minimum atomic E-state index is -0.0202. The predicted molar refractivity (Wildman–Crippen MR) is 63.5 cm³/mol. The Hall–Kier alpha value is -2.10. The SMILES string of the molecule is Cn1c(=O)n(C)c2c3ccccc3ncc21. The third-order valence-corrected chi connectivity index (χ3v) is 3.00. The molecule has 0 bridgehead atoms. The fourth-order valence-electron chi connectivity index (χ4n) is 2.14. The molecule has 0 amide bonds. The summed E-state index contributed by atoms with van der Waals surface area (Å²) in [6.45, 7) is 0. The summed E-state index contributed by atoms with van der Waals surface area (Å²) in [6.07, 6.45) is 1.75. The van der Waals surface area contributed by atoms with Crippen LogP contribution in [-0.2, 0) is 14.1 Å². The molecule has 3 aromatic rings. The van der Waals surface area contributed by atoms with E-state index in [2.05, 4.69) is 4.98 Å². The van der Waals surface area contributed by atoms with Gasteiger partial charge in [0.05, 0.1) is 22.7 Å². The van der Waals surface area contributed by atoms with Crippen LogP contribution >= 0.6 is 0 Å². The van der Waals surface area contributed by atoms with E-state index in [1.807, 2.05) is 24.3 Å². The van der Waals surface area contributed by atoms with Crippen molar-refractivity contribution in [1.29, 1.82) is 0 Å². The number of hydrogen-bond acceptors (Lipinski definition) is 2. The molecule has 0 saturated heterocycles. The molecule has 1 aromatic carbocycles. The number of fused-ring (bicyclic) bond motifs is 3. The Kier molecular flexibility index (Phi) is 1.68. The maximum atomic E-state index is 11.8. The summed E-state index contributed by atoms with van der Waals surface area (Å²) < 4.78 is 3.29. The monoisotopic (exact) mass is 213 g/mol. The lowest BCUT2D eigenvalue weighted by Crippen LogP contribution is -2.19. The predicted octanol–water partition coefficient (Wildman–Crippen LogP) is 1.43. The van der Waals surface area contributed by atoms with Crippen molar-refractivity contribution in [1.82, 2.24) is 14.1 Å². The van der Waals surface area contributed by atoms with Gasteiger partial charge in [0.25, 0.3) is 0 Å². The largest absolute Gasteiger partial charge is 0.328 e. The summed E-state index contributed by atoms with van der Waals surface area (Å²) >= 11 is 0. The van der Waals surface area contributed by atoms with Crippen LogP contribution in [0.4, 0.5) is 0 Å². The van der Waals surface area contributed by atoms with Crippen LogP contribution in [0.2, 0.25) is 0 Å². The second-order valence-corrected chi connectivity index (χ2v) is 3.91. The first-order chi connectivity index (χ1) is 7.70. The highest BCUT2D eigenvalue weighted by atomic mass is 16.1. The lowest BCUT2D eigenvalue weighted by atomic mass is 10.2. The number of para-hydroxylation sites is 1. The highest BCUT2D eigenvalue weighted by Crippen LogP contribution is 2.21. The van der Waals surface area contributed by atoms with Crippen LogP contribution in [0.3, 0.4) is 0 Å². The van der Waals surface area contributed by atoms with E-state index >= 15 is 0 Å². The van der Waals surface area contributed by atoms with Crippen LogP contribution in [0.15, 0.2) is 35.3 Å². The molecule has 2 heterocycles. The zero-order chi connectivity index (χ0) is 11.3. The molecule has 2 aromatic heterocycles. The summed E-state index contributed by atoms with van der Waals surface area (Å²) in [5.74, 6) is 0. The van der Waals surface area contributed by atoms with Gasteiger partial charge in [0.2, 0.25) is 0 Å².